The van der Waals surface area contributed by atoms with Crippen molar-refractivity contribution >= 4 is 31.4 Å². The van der Waals surface area contributed by atoms with Crippen LogP contribution in [0.15, 0.2) is 53.4 Å². The lowest BCUT2D eigenvalue weighted by Crippen LogP contribution is -2.07. The number of benzene rings is 2. The van der Waals surface area contributed by atoms with Gasteiger partial charge in [0.15, 0.2) is 15.5 Å². The van der Waals surface area contributed by atoms with E-state index in [1.54, 1.807) is 0 Å². The summed E-state index contributed by atoms with van der Waals surface area (Å²) in [4.78, 5) is 4.53. The maximum Gasteiger partial charge on any atom is 0.435 e. The molecule has 10 heteroatoms. The summed E-state index contributed by atoms with van der Waals surface area (Å²) < 4.78 is 65.3. The molecule has 5 nitrogen and oxygen atoms in total. The summed E-state index contributed by atoms with van der Waals surface area (Å²) in [6.07, 6.45) is -3.56. The maximum atomic E-state index is 13.3. The van der Waals surface area contributed by atoms with Gasteiger partial charge in [0.05, 0.1) is 20.8 Å². The molecule has 0 aliphatic heterocycles. The molecule has 2 aromatic carbocycles. The number of sulfone groups is 1. The molecule has 0 aliphatic rings. The molecule has 4 rings (SSSR count). The Morgan fingerprint density at radius 3 is 2.34 bits per heavy atom. The summed E-state index contributed by atoms with van der Waals surface area (Å²) in [5, 5.41) is 4.11. The molecule has 2 heterocycles. The SMILES string of the molecule is Cc1ccc2nc(-c3cc(C(F)(F)F)nn3-c3ccc(S(C)(=O)=O)cc3)sc2c1. The second kappa shape index (κ2) is 6.67. The number of halogens is 3. The fourth-order valence-electron chi connectivity index (χ4n) is 2.84. The molecule has 2 aromatic heterocycles. The minimum absolute atomic E-state index is 0.0708. The van der Waals surface area contributed by atoms with E-state index >= 15 is 0 Å². The van der Waals surface area contributed by atoms with Gasteiger partial charge >= 0.3 is 6.18 Å². The van der Waals surface area contributed by atoms with E-state index in [4.69, 9.17) is 0 Å². The molecule has 0 saturated heterocycles. The minimum Gasteiger partial charge on any atom is -0.234 e. The van der Waals surface area contributed by atoms with E-state index in [0.717, 1.165) is 27.3 Å². The third-order valence-corrected chi connectivity index (χ3v) is 6.44. The first kappa shape index (κ1) is 19.6. The number of hydrogen-bond donors (Lipinski definition) is 0. The number of rotatable bonds is 3. The predicted molar refractivity (Wildman–Crippen MR) is 105 cm³/mol. The molecule has 0 N–H and O–H groups in total. The normalized spacial score (nSPS) is 12.6. The molecule has 0 bridgehead atoms. The summed E-state index contributed by atoms with van der Waals surface area (Å²) in [5.41, 5.74) is 1.15. The highest BCUT2D eigenvalue weighted by atomic mass is 32.2. The van der Waals surface area contributed by atoms with Crippen LogP contribution in [0, 0.1) is 6.92 Å². The smallest absolute Gasteiger partial charge is 0.234 e. The molecule has 29 heavy (non-hydrogen) atoms. The number of hydrogen-bond acceptors (Lipinski definition) is 5. The molecular weight excluding hydrogens is 423 g/mol. The van der Waals surface area contributed by atoms with E-state index in [1.807, 2.05) is 25.1 Å². The highest BCUT2D eigenvalue weighted by Crippen LogP contribution is 2.36. The summed E-state index contributed by atoms with van der Waals surface area (Å²) >= 11 is 1.27. The van der Waals surface area contributed by atoms with Gasteiger partial charge in [-0.1, -0.05) is 6.07 Å². The largest absolute Gasteiger partial charge is 0.435 e. The van der Waals surface area contributed by atoms with Crippen LogP contribution in [-0.4, -0.2) is 29.4 Å². The standard InChI is InChI=1S/C19H14F3N3O2S2/c1-11-3-8-14-16(9-11)28-18(23-14)15-10-17(19(20,21)22)24-25(15)12-4-6-13(7-5-12)29(2,26)27/h3-10H,1-2H3. The number of nitrogens with zero attached hydrogens (tertiary/aromatic N) is 3. The average molecular weight is 437 g/mol. The van der Waals surface area contributed by atoms with Crippen LogP contribution < -0.4 is 0 Å². The van der Waals surface area contributed by atoms with Crippen molar-refractivity contribution in [1.29, 1.82) is 0 Å². The summed E-state index contributed by atoms with van der Waals surface area (Å²) in [7, 11) is -3.42. The van der Waals surface area contributed by atoms with Crippen LogP contribution >= 0.6 is 11.3 Å². The fraction of sp³-hybridized carbons (Fsp3) is 0.158. The molecule has 0 aliphatic carbocycles. The van der Waals surface area contributed by atoms with Crippen LogP contribution in [0.4, 0.5) is 13.2 Å². The molecule has 150 valence electrons. The van der Waals surface area contributed by atoms with Gasteiger partial charge in [0.1, 0.15) is 10.7 Å². The second-order valence-corrected chi connectivity index (χ2v) is 9.63. The zero-order chi connectivity index (χ0) is 21.0. The Hall–Kier alpha value is -2.72. The molecule has 0 atom stereocenters. The molecule has 0 saturated carbocycles. The molecule has 0 amide bonds. The van der Waals surface area contributed by atoms with E-state index in [1.165, 1.54) is 35.6 Å². The van der Waals surface area contributed by atoms with E-state index < -0.39 is 21.7 Å². The van der Waals surface area contributed by atoms with Crippen molar-refractivity contribution in [2.45, 2.75) is 18.0 Å². The van der Waals surface area contributed by atoms with Crippen molar-refractivity contribution in [1.82, 2.24) is 14.8 Å². The van der Waals surface area contributed by atoms with E-state index in [9.17, 15) is 21.6 Å². The first-order valence-corrected chi connectivity index (χ1v) is 11.1. The van der Waals surface area contributed by atoms with Gasteiger partial charge in [-0.15, -0.1) is 11.3 Å². The lowest BCUT2D eigenvalue weighted by molar-refractivity contribution is -0.141. The Kier molecular flexibility index (Phi) is 4.50. The molecule has 0 unspecified atom stereocenters. The second-order valence-electron chi connectivity index (χ2n) is 6.58. The van der Waals surface area contributed by atoms with Gasteiger partial charge in [0.25, 0.3) is 0 Å². The molecule has 0 radical (unpaired) electrons. The van der Waals surface area contributed by atoms with E-state index in [-0.39, 0.29) is 10.6 Å². The summed E-state index contributed by atoms with van der Waals surface area (Å²) in [6, 6.07) is 12.1. The van der Waals surface area contributed by atoms with Gasteiger partial charge < -0.3 is 0 Å². The number of aromatic nitrogens is 3. The third-order valence-electron chi connectivity index (χ3n) is 4.27. The third kappa shape index (κ3) is 3.77. The van der Waals surface area contributed by atoms with Gasteiger partial charge in [-0.05, 0) is 55.0 Å². The highest BCUT2D eigenvalue weighted by molar-refractivity contribution is 7.90. The lowest BCUT2D eigenvalue weighted by atomic mass is 10.2. The van der Waals surface area contributed by atoms with Gasteiger partial charge in [0.2, 0.25) is 0 Å². The van der Waals surface area contributed by atoms with Crippen molar-refractivity contribution in [2.75, 3.05) is 6.26 Å². The van der Waals surface area contributed by atoms with Crippen LogP contribution in [0.5, 0.6) is 0 Å². The van der Waals surface area contributed by atoms with Crippen molar-refractivity contribution in [3.8, 4) is 16.4 Å². The molecule has 4 aromatic rings. The van der Waals surface area contributed by atoms with Crippen molar-refractivity contribution < 1.29 is 21.6 Å². The van der Waals surface area contributed by atoms with Crippen molar-refractivity contribution in [2.24, 2.45) is 0 Å². The zero-order valence-electron chi connectivity index (χ0n) is 15.2. The van der Waals surface area contributed by atoms with Crippen LogP contribution in [0.1, 0.15) is 11.3 Å². The Bertz CT molecular complexity index is 1320. The number of fused-ring (bicyclic) bond motifs is 1. The van der Waals surface area contributed by atoms with E-state index in [2.05, 4.69) is 10.1 Å². The number of alkyl halides is 3. The van der Waals surface area contributed by atoms with Gasteiger partial charge in [-0.3, -0.25) is 0 Å². The van der Waals surface area contributed by atoms with Gasteiger partial charge in [-0.2, -0.15) is 18.3 Å². The molecule has 0 fully saturated rings. The summed E-state index contributed by atoms with van der Waals surface area (Å²) in [5.74, 6) is 0. The monoisotopic (exact) mass is 437 g/mol. The van der Waals surface area contributed by atoms with Crippen molar-refractivity contribution in [3.63, 3.8) is 0 Å². The zero-order valence-corrected chi connectivity index (χ0v) is 16.9. The molecule has 0 spiro atoms. The van der Waals surface area contributed by atoms with Crippen LogP contribution in [0.25, 0.3) is 26.6 Å². The van der Waals surface area contributed by atoms with Crippen LogP contribution in [0.2, 0.25) is 0 Å². The summed E-state index contributed by atoms with van der Waals surface area (Å²) in [6.45, 7) is 1.92. The van der Waals surface area contributed by atoms with Crippen molar-refractivity contribution in [3.05, 3.63) is 59.8 Å². The van der Waals surface area contributed by atoms with E-state index in [0.29, 0.717) is 16.2 Å². The van der Waals surface area contributed by atoms with Gasteiger partial charge in [0, 0.05) is 6.26 Å². The van der Waals surface area contributed by atoms with Crippen LogP contribution in [-0.2, 0) is 16.0 Å². The number of thiazole rings is 1. The minimum atomic E-state index is -4.63. The molecular formula is C19H14F3N3O2S2. The predicted octanol–water partition coefficient (Wildman–Crippen LogP) is 4.88. The lowest BCUT2D eigenvalue weighted by Gasteiger charge is -2.07. The Balaban J connectivity index is 1.90. The highest BCUT2D eigenvalue weighted by Gasteiger charge is 2.35. The quantitative estimate of drug-likeness (QED) is 0.458. The first-order chi connectivity index (χ1) is 13.5. The number of aryl methyl sites for hydroxylation is 1. The maximum absolute atomic E-state index is 13.3. The van der Waals surface area contributed by atoms with Crippen LogP contribution in [0.3, 0.4) is 0 Å². The average Bonchev–Trinajstić information content (AvgIpc) is 3.24. The Morgan fingerprint density at radius 1 is 1.03 bits per heavy atom. The first-order valence-electron chi connectivity index (χ1n) is 8.38. The fourth-order valence-corrected chi connectivity index (χ4v) is 4.54. The Labute approximate surface area is 168 Å². The van der Waals surface area contributed by atoms with Gasteiger partial charge in [-0.25, -0.2) is 18.1 Å². The topological polar surface area (TPSA) is 64.8 Å². The Morgan fingerprint density at radius 2 is 1.72 bits per heavy atom.